The van der Waals surface area contributed by atoms with Gasteiger partial charge in [0.2, 0.25) is 5.91 Å². The van der Waals surface area contributed by atoms with E-state index in [9.17, 15) is 4.79 Å². The Morgan fingerprint density at radius 3 is 3.12 bits per heavy atom. The summed E-state index contributed by atoms with van der Waals surface area (Å²) in [7, 11) is 3.53. The van der Waals surface area contributed by atoms with Gasteiger partial charge in [-0.25, -0.2) is 0 Å². The second-order valence-corrected chi connectivity index (χ2v) is 5.36. The van der Waals surface area contributed by atoms with Gasteiger partial charge < -0.3 is 15.0 Å². The van der Waals surface area contributed by atoms with Crippen LogP contribution >= 0.6 is 0 Å². The number of nitrogens with one attached hydrogen (secondary N) is 1. The highest BCUT2D eigenvalue weighted by molar-refractivity contribution is 5.76. The molecule has 1 aliphatic heterocycles. The van der Waals surface area contributed by atoms with Crippen LogP contribution in [0, 0.1) is 11.3 Å². The highest BCUT2D eigenvalue weighted by atomic mass is 16.5. The Morgan fingerprint density at radius 1 is 1.56 bits per heavy atom. The van der Waals surface area contributed by atoms with Crippen molar-refractivity contribution in [2.75, 3.05) is 40.4 Å². The van der Waals surface area contributed by atoms with Crippen LogP contribution in [0.25, 0.3) is 0 Å². The molecule has 1 heterocycles. The molecule has 2 atom stereocenters. The van der Waals surface area contributed by atoms with Crippen molar-refractivity contribution in [1.29, 1.82) is 0 Å². The van der Waals surface area contributed by atoms with E-state index in [4.69, 9.17) is 4.74 Å². The molecule has 0 aromatic rings. The number of carbonyl (C=O) groups is 1. The fraction of sp³-hybridized carbons (Fsp3) is 0.917. The van der Waals surface area contributed by atoms with Gasteiger partial charge in [0.1, 0.15) is 6.61 Å². The van der Waals surface area contributed by atoms with Crippen LogP contribution in [0.3, 0.4) is 0 Å². The van der Waals surface area contributed by atoms with E-state index < -0.39 is 0 Å². The van der Waals surface area contributed by atoms with Crippen LogP contribution in [-0.2, 0) is 9.53 Å². The number of hydrogen-bond acceptors (Lipinski definition) is 3. The number of hydrogen-bond donors (Lipinski definition) is 1. The van der Waals surface area contributed by atoms with Crippen molar-refractivity contribution >= 4 is 5.91 Å². The molecule has 0 aromatic heterocycles. The van der Waals surface area contributed by atoms with Crippen molar-refractivity contribution in [1.82, 2.24) is 10.2 Å². The van der Waals surface area contributed by atoms with Crippen LogP contribution < -0.4 is 5.32 Å². The van der Waals surface area contributed by atoms with Crippen molar-refractivity contribution in [2.45, 2.75) is 19.3 Å². The fourth-order valence-corrected chi connectivity index (χ4v) is 2.97. The molecule has 0 unspecified atom stereocenters. The average Bonchev–Trinajstić information content (AvgIpc) is 2.75. The van der Waals surface area contributed by atoms with Crippen molar-refractivity contribution < 1.29 is 9.53 Å². The number of carbonyl (C=O) groups excluding carboxylic acids is 1. The predicted molar refractivity (Wildman–Crippen MR) is 62.2 cm³/mol. The molecule has 2 aliphatic rings. The zero-order chi connectivity index (χ0) is 11.6. The number of rotatable bonds is 4. The first kappa shape index (κ1) is 11.9. The molecule has 0 spiro atoms. The molecule has 0 radical (unpaired) electrons. The normalized spacial score (nSPS) is 32.8. The van der Waals surface area contributed by atoms with Gasteiger partial charge >= 0.3 is 0 Å². The monoisotopic (exact) mass is 226 g/mol. The molecule has 2 fully saturated rings. The highest BCUT2D eigenvalue weighted by Gasteiger charge is 2.46. The third kappa shape index (κ3) is 2.23. The van der Waals surface area contributed by atoms with Crippen molar-refractivity contribution in [2.24, 2.45) is 11.3 Å². The van der Waals surface area contributed by atoms with E-state index in [1.54, 1.807) is 19.0 Å². The Kier molecular flexibility index (Phi) is 3.50. The Morgan fingerprint density at radius 2 is 2.38 bits per heavy atom. The number of fused-ring (bicyclic) bond motifs is 1. The largest absolute Gasteiger partial charge is 0.371 e. The summed E-state index contributed by atoms with van der Waals surface area (Å²) >= 11 is 0. The van der Waals surface area contributed by atoms with E-state index in [2.05, 4.69) is 5.32 Å². The van der Waals surface area contributed by atoms with E-state index >= 15 is 0 Å². The van der Waals surface area contributed by atoms with Gasteiger partial charge in [-0.3, -0.25) is 4.79 Å². The van der Waals surface area contributed by atoms with Crippen LogP contribution in [0.1, 0.15) is 19.3 Å². The zero-order valence-electron chi connectivity index (χ0n) is 10.3. The Labute approximate surface area is 97.3 Å². The highest BCUT2D eigenvalue weighted by Crippen LogP contribution is 2.45. The molecule has 4 nitrogen and oxygen atoms in total. The van der Waals surface area contributed by atoms with Gasteiger partial charge in [-0.05, 0) is 25.3 Å². The van der Waals surface area contributed by atoms with Crippen molar-refractivity contribution in [3.8, 4) is 0 Å². The number of nitrogens with zero attached hydrogens (tertiary/aromatic N) is 1. The molecule has 1 saturated heterocycles. The lowest BCUT2D eigenvalue weighted by Crippen LogP contribution is -2.34. The van der Waals surface area contributed by atoms with Gasteiger partial charge in [0.25, 0.3) is 0 Å². The molecule has 0 aromatic carbocycles. The Bertz CT molecular complexity index is 256. The fourth-order valence-electron chi connectivity index (χ4n) is 2.97. The maximum Gasteiger partial charge on any atom is 0.248 e. The molecule has 0 bridgehead atoms. The molecule has 92 valence electrons. The molecule has 2 rings (SSSR count). The third-order valence-electron chi connectivity index (χ3n) is 4.07. The maximum atomic E-state index is 11.4. The Balaban J connectivity index is 1.79. The SMILES string of the molecule is CN(C)C(=O)COC[C@]12CCC[C@H]1CNC2. The first-order chi connectivity index (χ1) is 7.64. The summed E-state index contributed by atoms with van der Waals surface area (Å²) in [5, 5.41) is 3.45. The van der Waals surface area contributed by atoms with Crippen LogP contribution in [0.15, 0.2) is 0 Å². The minimum absolute atomic E-state index is 0.0527. The summed E-state index contributed by atoms with van der Waals surface area (Å²) < 4.78 is 5.61. The molecule has 1 saturated carbocycles. The van der Waals surface area contributed by atoms with Crippen LogP contribution in [-0.4, -0.2) is 51.2 Å². The van der Waals surface area contributed by atoms with E-state index in [1.807, 2.05) is 0 Å². The molecular weight excluding hydrogens is 204 g/mol. The van der Waals surface area contributed by atoms with Gasteiger partial charge in [0.05, 0.1) is 6.61 Å². The summed E-state index contributed by atoms with van der Waals surface area (Å²) in [6, 6.07) is 0. The van der Waals surface area contributed by atoms with E-state index in [1.165, 1.54) is 19.3 Å². The minimum Gasteiger partial charge on any atom is -0.371 e. The van der Waals surface area contributed by atoms with Crippen LogP contribution in [0.4, 0.5) is 0 Å². The third-order valence-corrected chi connectivity index (χ3v) is 4.07. The van der Waals surface area contributed by atoms with Gasteiger partial charge in [-0.15, -0.1) is 0 Å². The van der Waals surface area contributed by atoms with Gasteiger partial charge in [-0.1, -0.05) is 6.42 Å². The number of likely N-dealkylation sites (N-methyl/N-ethyl adjacent to an activating group) is 1. The quantitative estimate of drug-likeness (QED) is 0.758. The molecule has 1 aliphatic carbocycles. The summed E-state index contributed by atoms with van der Waals surface area (Å²) in [5.41, 5.74) is 0.326. The smallest absolute Gasteiger partial charge is 0.248 e. The molecule has 4 heteroatoms. The van der Waals surface area contributed by atoms with Crippen LogP contribution in [0.2, 0.25) is 0 Å². The number of amides is 1. The first-order valence-corrected chi connectivity index (χ1v) is 6.13. The lowest BCUT2D eigenvalue weighted by molar-refractivity contribution is -0.134. The van der Waals surface area contributed by atoms with Crippen LogP contribution in [0.5, 0.6) is 0 Å². The average molecular weight is 226 g/mol. The van der Waals surface area contributed by atoms with Gasteiger partial charge in [0.15, 0.2) is 0 Å². The summed E-state index contributed by atoms with van der Waals surface area (Å²) in [4.78, 5) is 13.0. The topological polar surface area (TPSA) is 41.6 Å². The van der Waals surface area contributed by atoms with Gasteiger partial charge in [0, 0.05) is 26.1 Å². The summed E-state index contributed by atoms with van der Waals surface area (Å²) in [6.45, 7) is 3.16. The van der Waals surface area contributed by atoms with E-state index in [0.717, 1.165) is 25.6 Å². The van der Waals surface area contributed by atoms with E-state index in [0.29, 0.717) is 5.41 Å². The van der Waals surface area contributed by atoms with Crippen molar-refractivity contribution in [3.63, 3.8) is 0 Å². The molecule has 1 N–H and O–H groups in total. The van der Waals surface area contributed by atoms with Gasteiger partial charge in [-0.2, -0.15) is 0 Å². The second kappa shape index (κ2) is 4.72. The number of ether oxygens (including phenoxy) is 1. The molecule has 16 heavy (non-hydrogen) atoms. The standard InChI is InChI=1S/C12H22N2O2/c1-14(2)11(15)7-16-9-12-5-3-4-10(12)6-13-8-12/h10,13H,3-9H2,1-2H3/t10-,12+/m0/s1. The first-order valence-electron chi connectivity index (χ1n) is 6.13. The summed E-state index contributed by atoms with van der Waals surface area (Å²) in [6.07, 6.45) is 3.89. The molecule has 1 amide bonds. The Hall–Kier alpha value is -0.610. The maximum absolute atomic E-state index is 11.4. The second-order valence-electron chi connectivity index (χ2n) is 5.36. The predicted octanol–water partition coefficient (Wildman–Crippen LogP) is 0.481. The summed E-state index contributed by atoms with van der Waals surface area (Å²) in [5.74, 6) is 0.818. The lowest BCUT2D eigenvalue weighted by atomic mass is 9.82. The van der Waals surface area contributed by atoms with Crippen molar-refractivity contribution in [3.05, 3.63) is 0 Å². The minimum atomic E-state index is 0.0527. The molecular formula is C12H22N2O2. The lowest BCUT2D eigenvalue weighted by Gasteiger charge is -2.28. The zero-order valence-corrected chi connectivity index (χ0v) is 10.3. The van der Waals surface area contributed by atoms with E-state index in [-0.39, 0.29) is 12.5 Å².